The number of ketones is 1. The molecule has 1 aromatic rings. The van der Waals surface area contributed by atoms with Gasteiger partial charge in [0.25, 0.3) is 0 Å². The molecule has 0 aliphatic rings. The summed E-state index contributed by atoms with van der Waals surface area (Å²) in [6.07, 6.45) is 0. The normalized spacial score (nSPS) is 10.1. The van der Waals surface area contributed by atoms with Crippen LogP contribution in [0, 0.1) is 6.92 Å². The summed E-state index contributed by atoms with van der Waals surface area (Å²) in [6, 6.07) is 1.66. The quantitative estimate of drug-likeness (QED) is 0.722. The molecule has 0 radical (unpaired) electrons. The average Bonchev–Trinajstić information content (AvgIpc) is 2.31. The molecular weight excluding hydrogens is 182 g/mol. The molecule has 4 heteroatoms. The highest BCUT2D eigenvalue weighted by molar-refractivity contribution is 7.14. The third-order valence-electron chi connectivity index (χ3n) is 1.32. The van der Waals surface area contributed by atoms with Crippen molar-refractivity contribution in [3.05, 3.63) is 20.8 Å². The van der Waals surface area contributed by atoms with Gasteiger partial charge in [0.15, 0.2) is 5.78 Å². The Morgan fingerprint density at radius 2 is 2.45 bits per heavy atom. The van der Waals surface area contributed by atoms with Crippen molar-refractivity contribution in [3.63, 3.8) is 0 Å². The maximum absolute atomic E-state index is 11.0. The summed E-state index contributed by atoms with van der Waals surface area (Å²) in [5.41, 5.74) is 5.18. The van der Waals surface area contributed by atoms with Gasteiger partial charge in [-0.15, -0.1) is 11.3 Å². The van der Waals surface area contributed by atoms with E-state index >= 15 is 0 Å². The second-order valence-electron chi connectivity index (χ2n) is 2.14. The van der Waals surface area contributed by atoms with Crippen LogP contribution in [0.15, 0.2) is 6.07 Å². The van der Waals surface area contributed by atoms with Crippen molar-refractivity contribution in [1.82, 2.24) is 0 Å². The van der Waals surface area contributed by atoms with Crippen molar-refractivity contribution in [3.8, 4) is 0 Å². The molecule has 0 saturated carbocycles. The minimum Gasteiger partial charge on any atom is -0.324 e. The lowest BCUT2D eigenvalue weighted by Gasteiger charge is -1.87. The first-order valence-electron chi connectivity index (χ1n) is 3.14. The summed E-state index contributed by atoms with van der Waals surface area (Å²) in [5, 5.41) is 0.645. The molecule has 0 aromatic carbocycles. The third-order valence-corrected chi connectivity index (χ3v) is 2.91. The first kappa shape index (κ1) is 8.71. The van der Waals surface area contributed by atoms with E-state index in [2.05, 4.69) is 0 Å². The summed E-state index contributed by atoms with van der Waals surface area (Å²) < 4.78 is 0. The topological polar surface area (TPSA) is 43.1 Å². The lowest BCUT2D eigenvalue weighted by Crippen LogP contribution is -2.11. The van der Waals surface area contributed by atoms with Crippen LogP contribution in [0.2, 0.25) is 5.02 Å². The standard InChI is InChI=1S/C7H8ClNOS/c1-4-5(8)2-7(11-4)6(10)3-9/h2H,3,9H2,1H3. The molecule has 1 rings (SSSR count). The lowest BCUT2D eigenvalue weighted by molar-refractivity contribution is 0.100. The van der Waals surface area contributed by atoms with Crippen LogP contribution in [0.3, 0.4) is 0 Å². The molecule has 0 spiro atoms. The molecule has 1 aromatic heterocycles. The second kappa shape index (κ2) is 3.34. The van der Waals surface area contributed by atoms with Gasteiger partial charge < -0.3 is 5.73 Å². The third kappa shape index (κ3) is 1.80. The number of rotatable bonds is 2. The molecule has 0 amide bonds. The van der Waals surface area contributed by atoms with Crippen molar-refractivity contribution in [2.24, 2.45) is 5.73 Å². The van der Waals surface area contributed by atoms with Gasteiger partial charge in [-0.05, 0) is 13.0 Å². The molecule has 1 heterocycles. The Balaban J connectivity index is 2.97. The molecule has 0 fully saturated rings. The lowest BCUT2D eigenvalue weighted by atomic mass is 10.3. The molecule has 0 unspecified atom stereocenters. The van der Waals surface area contributed by atoms with Crippen LogP contribution >= 0.6 is 22.9 Å². The Morgan fingerprint density at radius 3 is 2.82 bits per heavy atom. The van der Waals surface area contributed by atoms with E-state index in [1.54, 1.807) is 6.07 Å². The fraction of sp³-hybridized carbons (Fsp3) is 0.286. The predicted octanol–water partition coefficient (Wildman–Crippen LogP) is 1.85. The van der Waals surface area contributed by atoms with Crippen LogP contribution in [0.25, 0.3) is 0 Å². The van der Waals surface area contributed by atoms with E-state index in [9.17, 15) is 4.79 Å². The van der Waals surface area contributed by atoms with E-state index in [0.717, 1.165) is 4.88 Å². The molecular formula is C7H8ClNOS. The van der Waals surface area contributed by atoms with E-state index < -0.39 is 0 Å². The van der Waals surface area contributed by atoms with Crippen LogP contribution in [0.4, 0.5) is 0 Å². The highest BCUT2D eigenvalue weighted by atomic mass is 35.5. The fourth-order valence-electron chi connectivity index (χ4n) is 0.698. The maximum Gasteiger partial charge on any atom is 0.186 e. The van der Waals surface area contributed by atoms with E-state index in [4.69, 9.17) is 17.3 Å². The number of carbonyl (C=O) groups is 1. The Kier molecular flexibility index (Phi) is 2.65. The van der Waals surface area contributed by atoms with Crippen molar-refractivity contribution in [2.75, 3.05) is 6.54 Å². The highest BCUT2D eigenvalue weighted by Gasteiger charge is 2.08. The van der Waals surface area contributed by atoms with Crippen LogP contribution in [-0.2, 0) is 0 Å². The molecule has 0 bridgehead atoms. The Morgan fingerprint density at radius 1 is 1.82 bits per heavy atom. The van der Waals surface area contributed by atoms with Gasteiger partial charge in [-0.25, -0.2) is 0 Å². The van der Waals surface area contributed by atoms with Gasteiger partial charge in [0.2, 0.25) is 0 Å². The molecule has 11 heavy (non-hydrogen) atoms. The molecule has 0 aliphatic carbocycles. The van der Waals surface area contributed by atoms with Crippen LogP contribution in [0.5, 0.6) is 0 Å². The SMILES string of the molecule is Cc1sc(C(=O)CN)cc1Cl. The molecule has 0 saturated heterocycles. The summed E-state index contributed by atoms with van der Waals surface area (Å²) in [7, 11) is 0. The summed E-state index contributed by atoms with van der Waals surface area (Å²) in [4.78, 5) is 12.6. The molecule has 2 nitrogen and oxygen atoms in total. The number of hydrogen-bond acceptors (Lipinski definition) is 3. The van der Waals surface area contributed by atoms with E-state index in [-0.39, 0.29) is 12.3 Å². The average molecular weight is 190 g/mol. The van der Waals surface area contributed by atoms with Gasteiger partial charge in [0.1, 0.15) is 0 Å². The zero-order chi connectivity index (χ0) is 8.43. The van der Waals surface area contributed by atoms with Crippen molar-refractivity contribution in [1.29, 1.82) is 0 Å². The van der Waals surface area contributed by atoms with Gasteiger partial charge in [0, 0.05) is 4.88 Å². The van der Waals surface area contributed by atoms with Gasteiger partial charge in [-0.3, -0.25) is 4.79 Å². The number of Topliss-reactive ketones (excluding diaryl/α,β-unsaturated/α-hetero) is 1. The van der Waals surface area contributed by atoms with E-state index in [0.29, 0.717) is 9.90 Å². The minimum absolute atomic E-state index is 0.0509. The van der Waals surface area contributed by atoms with Crippen LogP contribution in [-0.4, -0.2) is 12.3 Å². The zero-order valence-electron chi connectivity index (χ0n) is 6.06. The van der Waals surface area contributed by atoms with Gasteiger partial charge in [0.05, 0.1) is 16.4 Å². The van der Waals surface area contributed by atoms with Gasteiger partial charge in [-0.1, -0.05) is 11.6 Å². The minimum atomic E-state index is -0.0509. The number of thiophene rings is 1. The molecule has 0 atom stereocenters. The maximum atomic E-state index is 11.0. The largest absolute Gasteiger partial charge is 0.324 e. The van der Waals surface area contributed by atoms with Crippen molar-refractivity contribution >= 4 is 28.7 Å². The van der Waals surface area contributed by atoms with Crippen molar-refractivity contribution < 1.29 is 4.79 Å². The van der Waals surface area contributed by atoms with Gasteiger partial charge >= 0.3 is 0 Å². The smallest absolute Gasteiger partial charge is 0.186 e. The fourth-order valence-corrected chi connectivity index (χ4v) is 1.85. The number of aryl methyl sites for hydroxylation is 1. The first-order chi connectivity index (χ1) is 5.15. The zero-order valence-corrected chi connectivity index (χ0v) is 7.63. The van der Waals surface area contributed by atoms with Crippen LogP contribution in [0.1, 0.15) is 14.5 Å². The van der Waals surface area contributed by atoms with E-state index in [1.165, 1.54) is 11.3 Å². The number of carbonyl (C=O) groups excluding carboxylic acids is 1. The number of hydrogen-bond donors (Lipinski definition) is 1. The van der Waals surface area contributed by atoms with E-state index in [1.807, 2.05) is 6.92 Å². The Bertz CT molecular complexity index is 262. The Hall–Kier alpha value is -0.380. The summed E-state index contributed by atoms with van der Waals surface area (Å²) in [6.45, 7) is 1.93. The highest BCUT2D eigenvalue weighted by Crippen LogP contribution is 2.25. The predicted molar refractivity (Wildman–Crippen MR) is 47.5 cm³/mol. The molecule has 0 aliphatic heterocycles. The molecule has 2 N–H and O–H groups in total. The van der Waals surface area contributed by atoms with Crippen molar-refractivity contribution in [2.45, 2.75) is 6.92 Å². The van der Waals surface area contributed by atoms with Crippen LogP contribution < -0.4 is 5.73 Å². The summed E-state index contributed by atoms with van der Waals surface area (Å²) in [5.74, 6) is -0.0509. The monoisotopic (exact) mass is 189 g/mol. The number of nitrogens with two attached hydrogens (primary N) is 1. The molecule has 60 valence electrons. The first-order valence-corrected chi connectivity index (χ1v) is 4.33. The Labute approximate surface area is 74.0 Å². The summed E-state index contributed by atoms with van der Waals surface area (Å²) >= 11 is 7.13. The van der Waals surface area contributed by atoms with Gasteiger partial charge in [-0.2, -0.15) is 0 Å². The second-order valence-corrected chi connectivity index (χ2v) is 3.81. The number of halogens is 1.